The van der Waals surface area contributed by atoms with Crippen molar-refractivity contribution in [3.05, 3.63) is 67.3 Å². The number of rotatable bonds is 5. The molecule has 2 aromatic carbocycles. The van der Waals surface area contributed by atoms with Crippen molar-refractivity contribution >= 4 is 39.9 Å². The minimum Gasteiger partial charge on any atom is -0.375 e. The minimum absolute atomic E-state index is 0.0637. The predicted molar refractivity (Wildman–Crippen MR) is 109 cm³/mol. The van der Waals surface area contributed by atoms with Crippen LogP contribution in [0.25, 0.3) is 0 Å². The molecule has 3 rings (SSSR count). The quantitative estimate of drug-likeness (QED) is 0.403. The molecule has 6 nitrogen and oxygen atoms in total. The largest absolute Gasteiger partial charge is 0.375 e. The molecule has 0 radical (unpaired) electrons. The Kier molecular flexibility index (Phi) is 6.08. The normalized spacial score (nSPS) is 14.1. The summed E-state index contributed by atoms with van der Waals surface area (Å²) in [6, 6.07) is 12.5. The highest BCUT2D eigenvalue weighted by molar-refractivity contribution is 14.1. The van der Waals surface area contributed by atoms with Crippen molar-refractivity contribution in [1.29, 1.82) is 0 Å². The number of carbonyl (C=O) groups is 1. The maximum atomic E-state index is 12.5. The van der Waals surface area contributed by atoms with Crippen LogP contribution >= 0.6 is 22.6 Å². The first-order chi connectivity index (χ1) is 12.5. The lowest BCUT2D eigenvalue weighted by Crippen LogP contribution is -2.35. The summed E-state index contributed by atoms with van der Waals surface area (Å²) in [5, 5.41) is 14.3. The average Bonchev–Trinajstić information content (AvgIpc) is 2.67. The highest BCUT2D eigenvalue weighted by Crippen LogP contribution is 2.26. The van der Waals surface area contributed by atoms with Crippen LogP contribution in [0.2, 0.25) is 0 Å². The van der Waals surface area contributed by atoms with E-state index >= 15 is 0 Å². The smallest absolute Gasteiger partial charge is 0.293 e. The zero-order chi connectivity index (χ0) is 18.5. The summed E-state index contributed by atoms with van der Waals surface area (Å²) in [6.45, 7) is 2.12. The zero-order valence-electron chi connectivity index (χ0n) is 14.3. The van der Waals surface area contributed by atoms with E-state index in [9.17, 15) is 14.9 Å². The number of carbonyl (C=O) groups excluding carboxylic acids is 1. The highest BCUT2D eigenvalue weighted by Gasteiger charge is 2.18. The molecule has 0 aromatic heterocycles. The van der Waals surface area contributed by atoms with Gasteiger partial charge in [0.25, 0.3) is 11.6 Å². The molecule has 0 atom stereocenters. The molecule has 1 aliphatic heterocycles. The van der Waals surface area contributed by atoms with Gasteiger partial charge in [-0.3, -0.25) is 14.9 Å². The molecule has 2 aromatic rings. The van der Waals surface area contributed by atoms with Gasteiger partial charge < -0.3 is 10.2 Å². The van der Waals surface area contributed by atoms with E-state index in [4.69, 9.17) is 0 Å². The Morgan fingerprint density at radius 3 is 2.46 bits per heavy atom. The molecule has 0 saturated carbocycles. The first-order valence-corrected chi connectivity index (χ1v) is 9.68. The van der Waals surface area contributed by atoms with Crippen LogP contribution in [0.15, 0.2) is 42.5 Å². The van der Waals surface area contributed by atoms with Gasteiger partial charge in [0.15, 0.2) is 0 Å². The van der Waals surface area contributed by atoms with Gasteiger partial charge in [-0.25, -0.2) is 0 Å². The number of halogens is 1. The van der Waals surface area contributed by atoms with Crippen LogP contribution in [-0.4, -0.2) is 28.8 Å². The predicted octanol–water partition coefficient (Wildman–Crippen LogP) is 4.44. The fraction of sp³-hybridized carbons (Fsp3) is 0.316. The van der Waals surface area contributed by atoms with E-state index in [2.05, 4.69) is 27.9 Å². The Labute approximate surface area is 165 Å². The van der Waals surface area contributed by atoms with E-state index in [0.717, 1.165) is 35.1 Å². The lowest BCUT2D eigenvalue weighted by molar-refractivity contribution is -0.384. The summed E-state index contributed by atoms with van der Waals surface area (Å²) < 4.78 is 0.820. The van der Waals surface area contributed by atoms with Gasteiger partial charge in [-0.1, -0.05) is 12.1 Å². The molecule has 0 spiro atoms. The van der Waals surface area contributed by atoms with Gasteiger partial charge in [0.05, 0.1) is 4.92 Å². The second-order valence-electron chi connectivity index (χ2n) is 6.32. The Bertz CT molecular complexity index is 802. The first-order valence-electron chi connectivity index (χ1n) is 8.60. The summed E-state index contributed by atoms with van der Waals surface area (Å²) in [6.07, 6.45) is 3.34. The van der Waals surface area contributed by atoms with Crippen LogP contribution in [0, 0.1) is 13.7 Å². The van der Waals surface area contributed by atoms with Gasteiger partial charge in [0.1, 0.15) is 5.69 Å². The van der Waals surface area contributed by atoms with Gasteiger partial charge in [-0.05, 0) is 71.7 Å². The Morgan fingerprint density at radius 2 is 1.81 bits per heavy atom. The van der Waals surface area contributed by atoms with Crippen molar-refractivity contribution in [2.45, 2.75) is 25.8 Å². The van der Waals surface area contributed by atoms with Gasteiger partial charge >= 0.3 is 0 Å². The number of benzene rings is 2. The molecule has 136 valence electrons. The number of nitrogens with zero attached hydrogens (tertiary/aromatic N) is 2. The van der Waals surface area contributed by atoms with E-state index in [1.807, 2.05) is 35.2 Å². The van der Waals surface area contributed by atoms with Crippen molar-refractivity contribution in [3.63, 3.8) is 0 Å². The summed E-state index contributed by atoms with van der Waals surface area (Å²) in [5.41, 5.74) is 2.21. The van der Waals surface area contributed by atoms with Crippen molar-refractivity contribution in [1.82, 2.24) is 4.90 Å². The molecular formula is C19H20IN3O3. The molecule has 1 amide bonds. The zero-order valence-corrected chi connectivity index (χ0v) is 16.4. The number of hydrogen-bond donors (Lipinski definition) is 1. The van der Waals surface area contributed by atoms with E-state index in [1.54, 1.807) is 12.1 Å². The molecule has 7 heteroatoms. The lowest BCUT2D eigenvalue weighted by atomic mass is 10.1. The van der Waals surface area contributed by atoms with Gasteiger partial charge in [-0.2, -0.15) is 0 Å². The van der Waals surface area contributed by atoms with Crippen molar-refractivity contribution in [3.8, 4) is 0 Å². The van der Waals surface area contributed by atoms with Gasteiger partial charge in [-0.15, -0.1) is 0 Å². The molecule has 0 aliphatic carbocycles. The summed E-state index contributed by atoms with van der Waals surface area (Å²) in [5.74, 6) is 0.0810. The highest BCUT2D eigenvalue weighted by atomic mass is 127. The second-order valence-corrected chi connectivity index (χ2v) is 7.57. The number of nitro groups is 1. The molecule has 26 heavy (non-hydrogen) atoms. The van der Waals surface area contributed by atoms with E-state index in [0.29, 0.717) is 17.8 Å². The number of piperidine rings is 1. The third-order valence-corrected chi connectivity index (χ3v) is 5.15. The number of nitrogens with one attached hydrogen (secondary N) is 1. The molecular weight excluding hydrogens is 445 g/mol. The van der Waals surface area contributed by atoms with Crippen LogP contribution in [0.4, 0.5) is 11.4 Å². The van der Waals surface area contributed by atoms with Crippen LogP contribution in [0.1, 0.15) is 35.2 Å². The topological polar surface area (TPSA) is 75.5 Å². The van der Waals surface area contributed by atoms with Gasteiger partial charge in [0, 0.05) is 34.8 Å². The van der Waals surface area contributed by atoms with Crippen LogP contribution in [0.5, 0.6) is 0 Å². The Hall–Kier alpha value is -2.16. The van der Waals surface area contributed by atoms with Crippen LogP contribution in [-0.2, 0) is 6.54 Å². The van der Waals surface area contributed by atoms with Crippen molar-refractivity contribution in [2.24, 2.45) is 0 Å². The van der Waals surface area contributed by atoms with Crippen LogP contribution < -0.4 is 5.32 Å². The monoisotopic (exact) mass is 465 g/mol. The third-order valence-electron chi connectivity index (χ3n) is 4.48. The minimum atomic E-state index is -0.384. The fourth-order valence-electron chi connectivity index (χ4n) is 3.05. The maximum absolute atomic E-state index is 12.5. The summed E-state index contributed by atoms with van der Waals surface area (Å²) in [4.78, 5) is 25.2. The average molecular weight is 465 g/mol. The van der Waals surface area contributed by atoms with E-state index < -0.39 is 0 Å². The maximum Gasteiger partial charge on any atom is 0.293 e. The number of amides is 1. The molecule has 1 fully saturated rings. The summed E-state index contributed by atoms with van der Waals surface area (Å²) >= 11 is 2.06. The molecule has 0 unspecified atom stereocenters. The third kappa shape index (κ3) is 4.51. The Balaban J connectivity index is 1.65. The molecule has 0 bridgehead atoms. The number of nitro benzene ring substituents is 1. The number of likely N-dealkylation sites (tertiary alicyclic amines) is 1. The molecule has 1 N–H and O–H groups in total. The standard InChI is InChI=1S/C19H20IN3O3/c20-16-8-9-17(18(12-16)23(25)26)21-13-14-4-6-15(7-5-14)19(24)22-10-2-1-3-11-22/h4-9,12,21H,1-3,10-11,13H2. The van der Waals surface area contributed by atoms with Crippen LogP contribution in [0.3, 0.4) is 0 Å². The van der Waals surface area contributed by atoms with Crippen molar-refractivity contribution in [2.75, 3.05) is 18.4 Å². The number of hydrogen-bond acceptors (Lipinski definition) is 4. The molecule has 1 heterocycles. The SMILES string of the molecule is O=C(c1ccc(CNc2ccc(I)cc2[N+](=O)[O-])cc1)N1CCCCC1. The number of anilines is 1. The van der Waals surface area contributed by atoms with Crippen molar-refractivity contribution < 1.29 is 9.72 Å². The second kappa shape index (κ2) is 8.48. The molecule has 1 aliphatic rings. The van der Waals surface area contributed by atoms with Gasteiger partial charge in [0.2, 0.25) is 0 Å². The fourth-order valence-corrected chi connectivity index (χ4v) is 3.52. The van der Waals surface area contributed by atoms with E-state index in [-0.39, 0.29) is 16.5 Å². The Morgan fingerprint density at radius 1 is 1.12 bits per heavy atom. The first kappa shape index (κ1) is 18.6. The lowest BCUT2D eigenvalue weighted by Gasteiger charge is -2.26. The summed E-state index contributed by atoms with van der Waals surface area (Å²) in [7, 11) is 0. The van der Waals surface area contributed by atoms with E-state index in [1.165, 1.54) is 6.42 Å². The molecule has 1 saturated heterocycles.